The molecule has 0 unspecified atom stereocenters. The number of ketones is 2. The van der Waals surface area contributed by atoms with Crippen LogP contribution >= 0.6 is 0 Å². The van der Waals surface area contributed by atoms with Gasteiger partial charge in [-0.15, -0.1) is 0 Å². The van der Waals surface area contributed by atoms with Crippen LogP contribution in [0.25, 0.3) is 17.2 Å². The molecule has 4 atom stereocenters. The largest absolute Gasteiger partial charge is 0.508 e. The number of primary amides is 1. The Morgan fingerprint density at radius 1 is 1.17 bits per heavy atom. The third kappa shape index (κ3) is 3.85. The number of aliphatic hydroxyl groups is 3. The van der Waals surface area contributed by atoms with E-state index in [9.17, 15) is 34.8 Å². The van der Waals surface area contributed by atoms with Crippen molar-refractivity contribution in [1.82, 2.24) is 9.88 Å². The van der Waals surface area contributed by atoms with Crippen molar-refractivity contribution in [3.63, 3.8) is 0 Å². The number of carbonyl (C=O) groups is 3. The Morgan fingerprint density at radius 2 is 1.88 bits per heavy atom. The van der Waals surface area contributed by atoms with Crippen molar-refractivity contribution < 1.29 is 44.0 Å². The maximum atomic E-state index is 14.1. The summed E-state index contributed by atoms with van der Waals surface area (Å²) in [6.07, 6.45) is 1.69. The Kier molecular flexibility index (Phi) is 6.32. The summed E-state index contributed by atoms with van der Waals surface area (Å²) < 4.78 is 11.1. The number of fused-ring (bicyclic) bond motifs is 3. The van der Waals surface area contributed by atoms with Gasteiger partial charge in [0.05, 0.1) is 30.5 Å². The quantitative estimate of drug-likeness (QED) is 0.337. The van der Waals surface area contributed by atoms with E-state index in [-0.39, 0.29) is 41.5 Å². The SMILES string of the molecule is CC(C)c1coc(-c2ccc(O)c3c2C[C@H]2C[C@H]4[C@@H](N5CCOCC5)C(=O)C(C(N)=O)=C(O)[C@@]4(O)C(=O)C2=C3O)n1. The molecule has 2 fully saturated rings. The molecule has 41 heavy (non-hydrogen) atoms. The summed E-state index contributed by atoms with van der Waals surface area (Å²) in [6.45, 7) is 5.12. The number of Topliss-reactive ketones (excluding diaryl/α,β-unsaturated/α-hetero) is 2. The molecule has 1 aromatic carbocycles. The first kappa shape index (κ1) is 27.2. The number of phenols is 1. The molecule has 6 rings (SSSR count). The van der Waals surface area contributed by atoms with E-state index in [0.717, 1.165) is 5.69 Å². The summed E-state index contributed by atoms with van der Waals surface area (Å²) in [4.78, 5) is 46.3. The molecule has 4 aliphatic rings. The fraction of sp³-hybridized carbons (Fsp3) is 0.448. The van der Waals surface area contributed by atoms with E-state index in [4.69, 9.17) is 14.9 Å². The minimum atomic E-state index is -2.69. The predicted molar refractivity (Wildman–Crippen MR) is 143 cm³/mol. The van der Waals surface area contributed by atoms with Gasteiger partial charge in [0.25, 0.3) is 5.91 Å². The van der Waals surface area contributed by atoms with E-state index < -0.39 is 58.0 Å². The predicted octanol–water partition coefficient (Wildman–Crippen LogP) is 1.51. The number of hydrogen-bond donors (Lipinski definition) is 5. The zero-order valence-corrected chi connectivity index (χ0v) is 22.6. The third-order valence-electron chi connectivity index (χ3n) is 8.83. The standard InChI is InChI=1S/C29H31N3O9/c1-12(2)17-11-41-28(31-17)14-3-4-18(33)20-15(14)9-13-10-16-22(32-5-7-40-8-6-32)24(35)21(27(30)38)26(37)29(16,39)25(36)19(13)23(20)34/h3-4,11-13,16,22,33-34,37,39H,5-10H2,1-2H3,(H2,30,38)/t13-,16-,22+,29-/m0/s1. The van der Waals surface area contributed by atoms with E-state index in [2.05, 4.69) is 4.98 Å². The van der Waals surface area contributed by atoms with Crippen LogP contribution in [0.15, 0.2) is 39.7 Å². The number of amides is 1. The molecule has 1 aliphatic heterocycles. The molecule has 0 spiro atoms. The maximum Gasteiger partial charge on any atom is 0.255 e. The van der Waals surface area contributed by atoms with Crippen molar-refractivity contribution in [3.05, 3.63) is 52.1 Å². The van der Waals surface area contributed by atoms with Crippen molar-refractivity contribution in [3.8, 4) is 17.2 Å². The van der Waals surface area contributed by atoms with Crippen LogP contribution in [0.1, 0.15) is 43.0 Å². The first-order valence-electron chi connectivity index (χ1n) is 13.6. The van der Waals surface area contributed by atoms with Gasteiger partial charge in [-0.2, -0.15) is 0 Å². The van der Waals surface area contributed by atoms with Gasteiger partial charge in [0.15, 0.2) is 11.4 Å². The van der Waals surface area contributed by atoms with Crippen LogP contribution in [0.2, 0.25) is 0 Å². The molecule has 0 radical (unpaired) electrons. The van der Waals surface area contributed by atoms with Gasteiger partial charge in [0.2, 0.25) is 11.7 Å². The van der Waals surface area contributed by atoms with Crippen LogP contribution in [0.4, 0.5) is 0 Å². The number of oxazole rings is 1. The Morgan fingerprint density at radius 3 is 2.51 bits per heavy atom. The lowest BCUT2D eigenvalue weighted by molar-refractivity contribution is -0.157. The number of hydrogen-bond acceptors (Lipinski definition) is 11. The van der Waals surface area contributed by atoms with Gasteiger partial charge < -0.3 is 35.3 Å². The molecular weight excluding hydrogens is 534 g/mol. The fourth-order valence-corrected chi connectivity index (χ4v) is 6.80. The number of aliphatic hydroxyl groups excluding tert-OH is 2. The monoisotopic (exact) mass is 565 g/mol. The highest BCUT2D eigenvalue weighted by molar-refractivity contribution is 6.24. The average Bonchev–Trinajstić information content (AvgIpc) is 3.42. The molecule has 216 valence electrons. The Labute approximate surface area is 234 Å². The van der Waals surface area contributed by atoms with Crippen molar-refractivity contribution in [2.75, 3.05) is 26.3 Å². The van der Waals surface area contributed by atoms with Crippen molar-refractivity contribution in [2.45, 2.75) is 44.2 Å². The smallest absolute Gasteiger partial charge is 0.255 e. The lowest BCUT2D eigenvalue weighted by atomic mass is 9.57. The van der Waals surface area contributed by atoms with Gasteiger partial charge in [0.1, 0.15) is 29.1 Å². The highest BCUT2D eigenvalue weighted by Gasteiger charge is 2.64. The summed E-state index contributed by atoms with van der Waals surface area (Å²) in [5.41, 5.74) is 3.44. The van der Waals surface area contributed by atoms with E-state index in [0.29, 0.717) is 37.4 Å². The van der Waals surface area contributed by atoms with Crippen molar-refractivity contribution in [1.29, 1.82) is 0 Å². The molecule has 6 N–H and O–H groups in total. The van der Waals surface area contributed by atoms with Crippen LogP contribution < -0.4 is 5.73 Å². The van der Waals surface area contributed by atoms with Gasteiger partial charge in [0, 0.05) is 30.1 Å². The number of morpholine rings is 1. The first-order chi connectivity index (χ1) is 19.5. The number of phenolic OH excluding ortho intramolecular Hbond substituents is 1. The zero-order chi connectivity index (χ0) is 29.4. The molecule has 2 heterocycles. The normalized spacial score (nSPS) is 28.5. The van der Waals surface area contributed by atoms with E-state index in [1.54, 1.807) is 17.2 Å². The second-order valence-corrected chi connectivity index (χ2v) is 11.4. The second-order valence-electron chi connectivity index (χ2n) is 11.4. The molecule has 0 bridgehead atoms. The highest BCUT2D eigenvalue weighted by atomic mass is 16.5. The van der Waals surface area contributed by atoms with Gasteiger partial charge >= 0.3 is 0 Å². The molecule has 12 nitrogen and oxygen atoms in total. The highest BCUT2D eigenvalue weighted by Crippen LogP contribution is 2.53. The minimum Gasteiger partial charge on any atom is -0.508 e. The van der Waals surface area contributed by atoms with E-state index in [1.165, 1.54) is 6.07 Å². The Balaban J connectivity index is 1.52. The number of ether oxygens (including phenoxy) is 1. The number of nitrogens with zero attached hydrogens (tertiary/aromatic N) is 2. The van der Waals surface area contributed by atoms with E-state index in [1.807, 2.05) is 13.8 Å². The Hall–Kier alpha value is -4.00. The van der Waals surface area contributed by atoms with Gasteiger partial charge in [-0.05, 0) is 42.4 Å². The number of nitrogens with two attached hydrogens (primary N) is 1. The van der Waals surface area contributed by atoms with Crippen LogP contribution in [-0.2, 0) is 25.5 Å². The lowest BCUT2D eigenvalue weighted by Gasteiger charge is -2.51. The topological polar surface area (TPSA) is 197 Å². The fourth-order valence-electron chi connectivity index (χ4n) is 6.80. The molecule has 3 aliphatic carbocycles. The van der Waals surface area contributed by atoms with Crippen LogP contribution in [0.5, 0.6) is 5.75 Å². The lowest BCUT2D eigenvalue weighted by Crippen LogP contribution is -2.67. The summed E-state index contributed by atoms with van der Waals surface area (Å²) in [5, 5.41) is 45.2. The molecule has 1 aromatic heterocycles. The van der Waals surface area contributed by atoms with Crippen LogP contribution in [0.3, 0.4) is 0 Å². The van der Waals surface area contributed by atoms with Gasteiger partial charge in [-0.25, -0.2) is 4.98 Å². The van der Waals surface area contributed by atoms with Crippen LogP contribution in [0, 0.1) is 11.8 Å². The molecule has 1 saturated carbocycles. The summed E-state index contributed by atoms with van der Waals surface area (Å²) >= 11 is 0. The minimum absolute atomic E-state index is 0.00284. The summed E-state index contributed by atoms with van der Waals surface area (Å²) in [5.74, 6) is -6.53. The number of benzene rings is 1. The molecular formula is C29H31N3O9. The molecule has 1 amide bonds. The van der Waals surface area contributed by atoms with Crippen molar-refractivity contribution >= 4 is 23.2 Å². The van der Waals surface area contributed by atoms with Gasteiger partial charge in [-0.1, -0.05) is 13.8 Å². The van der Waals surface area contributed by atoms with Gasteiger partial charge in [-0.3, -0.25) is 19.3 Å². The molecule has 2 aromatic rings. The summed E-state index contributed by atoms with van der Waals surface area (Å²) in [6, 6.07) is 1.84. The summed E-state index contributed by atoms with van der Waals surface area (Å²) in [7, 11) is 0. The Bertz CT molecular complexity index is 1550. The third-order valence-corrected chi connectivity index (χ3v) is 8.83. The number of carbonyl (C=O) groups excluding carboxylic acids is 3. The van der Waals surface area contributed by atoms with Crippen LogP contribution in [-0.4, -0.2) is 85.7 Å². The number of aromatic nitrogens is 1. The number of aromatic hydroxyl groups is 1. The van der Waals surface area contributed by atoms with Crippen molar-refractivity contribution in [2.24, 2.45) is 17.6 Å². The first-order valence-corrected chi connectivity index (χ1v) is 13.6. The molecule has 12 heteroatoms. The zero-order valence-electron chi connectivity index (χ0n) is 22.6. The average molecular weight is 566 g/mol. The molecule has 1 saturated heterocycles. The second kappa shape index (κ2) is 9.54. The maximum absolute atomic E-state index is 14.1. The van der Waals surface area contributed by atoms with E-state index >= 15 is 0 Å². The number of rotatable bonds is 4.